The quantitative estimate of drug-likeness (QED) is 0.520. The molecule has 0 spiro atoms. The first-order valence-electron chi connectivity index (χ1n) is 3.76. The molecule has 68 valence electrons. The van der Waals surface area contributed by atoms with E-state index < -0.39 is 7.60 Å². The van der Waals surface area contributed by atoms with E-state index in [0.29, 0.717) is 19.4 Å². The SMILES string of the molecule is CCOP(=O)(CC[AsH2])OCC. The van der Waals surface area contributed by atoms with E-state index in [0.717, 1.165) is 5.21 Å². The van der Waals surface area contributed by atoms with Crippen molar-refractivity contribution in [2.45, 2.75) is 19.1 Å². The summed E-state index contributed by atoms with van der Waals surface area (Å²) in [6.45, 7) is 4.58. The van der Waals surface area contributed by atoms with Crippen molar-refractivity contribution in [1.82, 2.24) is 0 Å². The van der Waals surface area contributed by atoms with E-state index in [9.17, 15) is 4.57 Å². The Balaban J connectivity index is 3.91. The predicted octanol–water partition coefficient (Wildman–Crippen LogP) is 1.30. The summed E-state index contributed by atoms with van der Waals surface area (Å²) in [5.41, 5.74) is 0. The number of hydrogen-bond donors (Lipinski definition) is 0. The van der Waals surface area contributed by atoms with Gasteiger partial charge in [-0.3, -0.25) is 0 Å². The van der Waals surface area contributed by atoms with Crippen LogP contribution in [0.3, 0.4) is 0 Å². The summed E-state index contributed by atoms with van der Waals surface area (Å²) >= 11 is 1.55. The molecule has 0 amide bonds. The Morgan fingerprint density at radius 2 is 1.73 bits per heavy atom. The molecule has 11 heavy (non-hydrogen) atoms. The molecule has 1 unspecified atom stereocenters. The monoisotopic (exact) mass is 242 g/mol. The maximum atomic E-state index is 11.6. The maximum absolute atomic E-state index is 11.6. The van der Waals surface area contributed by atoms with Gasteiger partial charge in [0, 0.05) is 0 Å². The van der Waals surface area contributed by atoms with E-state index in [2.05, 4.69) is 0 Å². The molecule has 0 N–H and O–H groups in total. The van der Waals surface area contributed by atoms with Crippen molar-refractivity contribution in [3.8, 4) is 0 Å². The van der Waals surface area contributed by atoms with Crippen LogP contribution in [-0.4, -0.2) is 36.2 Å². The van der Waals surface area contributed by atoms with Gasteiger partial charge in [-0.05, 0) is 0 Å². The summed E-state index contributed by atoms with van der Waals surface area (Å²) in [5.74, 6) is 0. The van der Waals surface area contributed by atoms with E-state index in [1.54, 1.807) is 16.9 Å². The fourth-order valence-electron chi connectivity index (χ4n) is 0.718. The molecule has 0 aromatic carbocycles. The Bertz CT molecular complexity index is 116. The van der Waals surface area contributed by atoms with Crippen LogP contribution in [0.15, 0.2) is 0 Å². The molecule has 0 aliphatic heterocycles. The average molecular weight is 242 g/mol. The Hall–Kier alpha value is 0.708. The summed E-state index contributed by atoms with van der Waals surface area (Å²) < 4.78 is 21.7. The molecule has 0 fully saturated rings. The molecule has 0 heterocycles. The van der Waals surface area contributed by atoms with Gasteiger partial charge in [-0.1, -0.05) is 0 Å². The molecule has 5 heteroatoms. The molecule has 1 atom stereocenters. The zero-order valence-corrected chi connectivity index (χ0v) is 10.4. The van der Waals surface area contributed by atoms with Crippen molar-refractivity contribution < 1.29 is 13.6 Å². The molecule has 0 aromatic rings. The van der Waals surface area contributed by atoms with Crippen molar-refractivity contribution in [3.63, 3.8) is 0 Å². The van der Waals surface area contributed by atoms with Gasteiger partial charge in [-0.15, -0.1) is 0 Å². The Morgan fingerprint density at radius 3 is 2.00 bits per heavy atom. The van der Waals surface area contributed by atoms with Crippen LogP contribution in [0, 0.1) is 0 Å². The fraction of sp³-hybridized carbons (Fsp3) is 1.00. The third kappa shape index (κ3) is 5.03. The second-order valence-electron chi connectivity index (χ2n) is 1.96. The van der Waals surface area contributed by atoms with Gasteiger partial charge in [0.2, 0.25) is 0 Å². The summed E-state index contributed by atoms with van der Waals surface area (Å²) in [7, 11) is -2.70. The van der Waals surface area contributed by atoms with E-state index in [4.69, 9.17) is 9.05 Å². The third-order valence-electron chi connectivity index (χ3n) is 1.05. The first kappa shape index (κ1) is 11.7. The minimum atomic E-state index is -2.70. The van der Waals surface area contributed by atoms with Gasteiger partial charge in [0.15, 0.2) is 0 Å². The molecule has 0 saturated carbocycles. The molecule has 3 nitrogen and oxygen atoms in total. The first-order chi connectivity index (χ1) is 5.18. The van der Waals surface area contributed by atoms with Crippen molar-refractivity contribution in [2.75, 3.05) is 19.4 Å². The third-order valence-corrected chi connectivity index (χ3v) is 4.79. The van der Waals surface area contributed by atoms with Crippen molar-refractivity contribution >= 4 is 24.4 Å². The van der Waals surface area contributed by atoms with Crippen molar-refractivity contribution in [2.24, 2.45) is 0 Å². The Morgan fingerprint density at radius 1 is 1.27 bits per heavy atom. The molecular formula is C6H16AsO3P. The predicted molar refractivity (Wildman–Crippen MR) is 49.1 cm³/mol. The summed E-state index contributed by atoms with van der Waals surface area (Å²) in [5, 5.41) is 0.893. The van der Waals surface area contributed by atoms with Gasteiger partial charge >= 0.3 is 76.5 Å². The molecule has 0 aromatic heterocycles. The van der Waals surface area contributed by atoms with Crippen molar-refractivity contribution in [1.29, 1.82) is 0 Å². The van der Waals surface area contributed by atoms with E-state index in [1.807, 2.05) is 13.8 Å². The van der Waals surface area contributed by atoms with Crippen LogP contribution in [0.5, 0.6) is 0 Å². The number of rotatable bonds is 6. The van der Waals surface area contributed by atoms with Crippen LogP contribution in [0.1, 0.15) is 13.8 Å². The molecule has 0 bridgehead atoms. The standard InChI is InChI=1S/C6H16AsO3P/c1-3-9-11(8,6-5-7)10-4-2/h3-7H2,1-2H3. The van der Waals surface area contributed by atoms with Gasteiger partial charge in [0.25, 0.3) is 0 Å². The first-order valence-corrected chi connectivity index (χ1v) is 7.20. The van der Waals surface area contributed by atoms with Crippen LogP contribution in [0.25, 0.3) is 0 Å². The molecule has 0 aliphatic carbocycles. The summed E-state index contributed by atoms with van der Waals surface area (Å²) in [4.78, 5) is 0. The summed E-state index contributed by atoms with van der Waals surface area (Å²) in [6.07, 6.45) is 0.550. The zero-order chi connectivity index (χ0) is 8.74. The molecule has 0 saturated heterocycles. The summed E-state index contributed by atoms with van der Waals surface area (Å²) in [6, 6.07) is 0. The Kier molecular flexibility index (Phi) is 6.65. The van der Waals surface area contributed by atoms with Gasteiger partial charge in [-0.25, -0.2) is 0 Å². The average Bonchev–Trinajstić information content (AvgIpc) is 1.88. The van der Waals surface area contributed by atoms with Crippen molar-refractivity contribution in [3.05, 3.63) is 0 Å². The Labute approximate surface area is 76.9 Å². The van der Waals surface area contributed by atoms with Gasteiger partial charge in [0.1, 0.15) is 0 Å². The van der Waals surface area contributed by atoms with E-state index in [1.165, 1.54) is 0 Å². The molecule has 0 radical (unpaired) electrons. The molecule has 0 rings (SSSR count). The molecule has 0 aliphatic rings. The van der Waals surface area contributed by atoms with Crippen LogP contribution < -0.4 is 0 Å². The van der Waals surface area contributed by atoms with E-state index in [-0.39, 0.29) is 0 Å². The van der Waals surface area contributed by atoms with Gasteiger partial charge < -0.3 is 0 Å². The minimum absolute atomic E-state index is 0.463. The van der Waals surface area contributed by atoms with E-state index >= 15 is 0 Å². The number of hydrogen-bond acceptors (Lipinski definition) is 3. The van der Waals surface area contributed by atoms with Crippen LogP contribution in [-0.2, 0) is 13.6 Å². The zero-order valence-electron chi connectivity index (χ0n) is 7.08. The second-order valence-corrected chi connectivity index (χ2v) is 5.36. The second kappa shape index (κ2) is 6.25. The fourth-order valence-corrected chi connectivity index (χ4v) is 4.14. The molecular weight excluding hydrogens is 226 g/mol. The van der Waals surface area contributed by atoms with Gasteiger partial charge in [-0.2, -0.15) is 0 Å². The topological polar surface area (TPSA) is 35.5 Å². The van der Waals surface area contributed by atoms with Gasteiger partial charge in [0.05, 0.1) is 0 Å². The normalized spacial score (nSPS) is 11.9. The van der Waals surface area contributed by atoms with Crippen LogP contribution in [0.2, 0.25) is 5.21 Å². The van der Waals surface area contributed by atoms with Crippen LogP contribution >= 0.6 is 7.60 Å². The van der Waals surface area contributed by atoms with Crippen LogP contribution in [0.4, 0.5) is 0 Å².